The highest BCUT2D eigenvalue weighted by molar-refractivity contribution is 6.32. The van der Waals surface area contributed by atoms with Crippen molar-refractivity contribution in [2.45, 2.75) is 0 Å². The predicted octanol–water partition coefficient (Wildman–Crippen LogP) is 5.72. The number of rotatable bonds is 6. The standard InChI is InChI=1S/C23H20ClN3O3/c1-28-15-10-8-14(9-11-15)22-25-18-7-5-4-6-16(18)23(27-22)26-19-12-17(24)20(29-2)13-21(19)30-3/h4-13H,1-3H3,(H,25,26,27). The van der Waals surface area contributed by atoms with Crippen LogP contribution in [0.2, 0.25) is 5.02 Å². The van der Waals surface area contributed by atoms with Crippen LogP contribution in [-0.2, 0) is 0 Å². The zero-order chi connectivity index (χ0) is 21.1. The highest BCUT2D eigenvalue weighted by Crippen LogP contribution is 2.38. The molecule has 0 saturated carbocycles. The van der Waals surface area contributed by atoms with Gasteiger partial charge in [0.1, 0.15) is 23.1 Å². The molecule has 1 aromatic heterocycles. The van der Waals surface area contributed by atoms with Crippen molar-refractivity contribution in [1.29, 1.82) is 0 Å². The summed E-state index contributed by atoms with van der Waals surface area (Å²) in [4.78, 5) is 9.50. The molecule has 0 spiro atoms. The molecule has 0 radical (unpaired) electrons. The lowest BCUT2D eigenvalue weighted by Gasteiger charge is -2.15. The smallest absolute Gasteiger partial charge is 0.162 e. The molecule has 6 nitrogen and oxygen atoms in total. The van der Waals surface area contributed by atoms with Crippen molar-refractivity contribution in [3.8, 4) is 28.6 Å². The minimum atomic E-state index is 0.467. The lowest BCUT2D eigenvalue weighted by Crippen LogP contribution is -2.01. The van der Waals surface area contributed by atoms with Crippen LogP contribution in [0.4, 0.5) is 11.5 Å². The molecular weight excluding hydrogens is 402 g/mol. The Kier molecular flexibility index (Phi) is 5.59. The van der Waals surface area contributed by atoms with E-state index in [0.717, 1.165) is 22.2 Å². The van der Waals surface area contributed by atoms with Gasteiger partial charge in [0.2, 0.25) is 0 Å². The molecule has 0 fully saturated rings. The maximum absolute atomic E-state index is 6.33. The number of nitrogens with one attached hydrogen (secondary N) is 1. The summed E-state index contributed by atoms with van der Waals surface area (Å²) in [6, 6.07) is 18.9. The molecule has 4 rings (SSSR count). The van der Waals surface area contributed by atoms with Crippen LogP contribution in [0.25, 0.3) is 22.3 Å². The second kappa shape index (κ2) is 8.47. The molecule has 3 aromatic carbocycles. The zero-order valence-electron chi connectivity index (χ0n) is 16.8. The highest BCUT2D eigenvalue weighted by atomic mass is 35.5. The number of halogens is 1. The van der Waals surface area contributed by atoms with Crippen molar-refractivity contribution in [2.24, 2.45) is 0 Å². The first-order chi connectivity index (χ1) is 14.6. The first-order valence-electron chi connectivity index (χ1n) is 9.22. The number of hydrogen-bond donors (Lipinski definition) is 1. The molecule has 152 valence electrons. The fourth-order valence-corrected chi connectivity index (χ4v) is 3.37. The first kappa shape index (κ1) is 19.8. The molecule has 0 aliphatic heterocycles. The second-order valence-corrected chi connectivity index (χ2v) is 6.86. The van der Waals surface area contributed by atoms with Gasteiger partial charge >= 0.3 is 0 Å². The van der Waals surface area contributed by atoms with Gasteiger partial charge in [0.05, 0.1) is 37.6 Å². The Hall–Kier alpha value is -3.51. The van der Waals surface area contributed by atoms with Crippen LogP contribution in [0.5, 0.6) is 17.2 Å². The molecule has 1 N–H and O–H groups in total. The molecule has 0 saturated heterocycles. The van der Waals surface area contributed by atoms with E-state index in [1.54, 1.807) is 33.5 Å². The fraction of sp³-hybridized carbons (Fsp3) is 0.130. The van der Waals surface area contributed by atoms with Gasteiger partial charge in [-0.25, -0.2) is 9.97 Å². The predicted molar refractivity (Wildman–Crippen MR) is 119 cm³/mol. The Morgan fingerprint density at radius 1 is 0.800 bits per heavy atom. The average Bonchev–Trinajstić information content (AvgIpc) is 2.79. The molecule has 7 heteroatoms. The van der Waals surface area contributed by atoms with Crippen LogP contribution in [0.1, 0.15) is 0 Å². The van der Waals surface area contributed by atoms with Crippen molar-refractivity contribution in [2.75, 3.05) is 26.6 Å². The number of ether oxygens (including phenoxy) is 3. The van der Waals surface area contributed by atoms with E-state index in [0.29, 0.717) is 33.9 Å². The fourth-order valence-electron chi connectivity index (χ4n) is 3.13. The quantitative estimate of drug-likeness (QED) is 0.429. The maximum Gasteiger partial charge on any atom is 0.162 e. The summed E-state index contributed by atoms with van der Waals surface area (Å²) >= 11 is 6.33. The topological polar surface area (TPSA) is 65.5 Å². The van der Waals surface area contributed by atoms with Crippen LogP contribution < -0.4 is 19.5 Å². The summed E-state index contributed by atoms with van der Waals surface area (Å²) in [5, 5.41) is 4.70. The Bertz CT molecular complexity index is 1200. The monoisotopic (exact) mass is 421 g/mol. The minimum absolute atomic E-state index is 0.467. The number of fused-ring (bicyclic) bond motifs is 1. The van der Waals surface area contributed by atoms with Crippen LogP contribution in [0.15, 0.2) is 60.7 Å². The van der Waals surface area contributed by atoms with Gasteiger partial charge in [-0.2, -0.15) is 0 Å². The van der Waals surface area contributed by atoms with Crippen molar-refractivity contribution < 1.29 is 14.2 Å². The summed E-state index contributed by atoms with van der Waals surface area (Å²) in [7, 11) is 4.79. The van der Waals surface area contributed by atoms with Crippen molar-refractivity contribution in [1.82, 2.24) is 9.97 Å². The molecule has 0 aliphatic carbocycles. The molecule has 1 heterocycles. The molecule has 30 heavy (non-hydrogen) atoms. The summed E-state index contributed by atoms with van der Waals surface area (Å²) in [6.07, 6.45) is 0. The Morgan fingerprint density at radius 2 is 1.53 bits per heavy atom. The Labute approximate surface area is 179 Å². The van der Waals surface area contributed by atoms with Gasteiger partial charge in [-0.3, -0.25) is 0 Å². The van der Waals surface area contributed by atoms with Crippen molar-refractivity contribution in [3.63, 3.8) is 0 Å². The Balaban J connectivity index is 1.83. The summed E-state index contributed by atoms with van der Waals surface area (Å²) < 4.78 is 16.0. The molecule has 0 unspecified atom stereocenters. The van der Waals surface area contributed by atoms with Crippen molar-refractivity contribution >= 4 is 34.0 Å². The molecule has 0 atom stereocenters. The number of aromatic nitrogens is 2. The third-order valence-electron chi connectivity index (χ3n) is 4.68. The third-order valence-corrected chi connectivity index (χ3v) is 4.97. The third kappa shape index (κ3) is 3.82. The van der Waals surface area contributed by atoms with E-state index in [4.69, 9.17) is 35.8 Å². The van der Waals surface area contributed by atoms with Gasteiger partial charge < -0.3 is 19.5 Å². The van der Waals surface area contributed by atoms with Gasteiger partial charge in [0.25, 0.3) is 0 Å². The summed E-state index contributed by atoms with van der Waals surface area (Å²) in [5.41, 5.74) is 2.37. The number of anilines is 2. The van der Waals surface area contributed by atoms with E-state index < -0.39 is 0 Å². The number of para-hydroxylation sites is 1. The van der Waals surface area contributed by atoms with E-state index in [2.05, 4.69) is 5.32 Å². The van der Waals surface area contributed by atoms with Crippen LogP contribution >= 0.6 is 11.6 Å². The van der Waals surface area contributed by atoms with Crippen LogP contribution in [0, 0.1) is 0 Å². The second-order valence-electron chi connectivity index (χ2n) is 6.45. The summed E-state index contributed by atoms with van der Waals surface area (Å²) in [5.74, 6) is 3.13. The molecule has 0 amide bonds. The Morgan fingerprint density at radius 3 is 2.23 bits per heavy atom. The molecule has 0 bridgehead atoms. The van der Waals surface area contributed by atoms with E-state index in [-0.39, 0.29) is 0 Å². The van der Waals surface area contributed by atoms with Gasteiger partial charge in [-0.1, -0.05) is 23.7 Å². The van der Waals surface area contributed by atoms with E-state index in [9.17, 15) is 0 Å². The van der Waals surface area contributed by atoms with Gasteiger partial charge in [0.15, 0.2) is 5.82 Å². The van der Waals surface area contributed by atoms with E-state index in [1.165, 1.54) is 0 Å². The van der Waals surface area contributed by atoms with E-state index >= 15 is 0 Å². The van der Waals surface area contributed by atoms with Crippen LogP contribution in [0.3, 0.4) is 0 Å². The lowest BCUT2D eigenvalue weighted by molar-refractivity contribution is 0.396. The number of hydrogen-bond acceptors (Lipinski definition) is 6. The first-order valence-corrected chi connectivity index (χ1v) is 9.60. The van der Waals surface area contributed by atoms with Gasteiger partial charge in [0, 0.05) is 17.0 Å². The van der Waals surface area contributed by atoms with Gasteiger partial charge in [-0.15, -0.1) is 0 Å². The van der Waals surface area contributed by atoms with E-state index in [1.807, 2.05) is 48.5 Å². The van der Waals surface area contributed by atoms with Gasteiger partial charge in [-0.05, 0) is 42.5 Å². The average molecular weight is 422 g/mol. The summed E-state index contributed by atoms with van der Waals surface area (Å²) in [6.45, 7) is 0. The number of methoxy groups -OCH3 is 3. The lowest BCUT2D eigenvalue weighted by atomic mass is 10.1. The number of benzene rings is 3. The minimum Gasteiger partial charge on any atom is -0.497 e. The highest BCUT2D eigenvalue weighted by Gasteiger charge is 2.14. The van der Waals surface area contributed by atoms with Crippen LogP contribution in [-0.4, -0.2) is 31.3 Å². The van der Waals surface area contributed by atoms with Crippen molar-refractivity contribution in [3.05, 3.63) is 65.7 Å². The largest absolute Gasteiger partial charge is 0.497 e. The maximum atomic E-state index is 6.33. The zero-order valence-corrected chi connectivity index (χ0v) is 17.5. The molecular formula is C23H20ClN3O3. The normalized spacial score (nSPS) is 10.7. The molecule has 0 aliphatic rings. The number of nitrogens with zero attached hydrogens (tertiary/aromatic N) is 2. The molecule has 4 aromatic rings. The SMILES string of the molecule is COc1ccc(-c2nc(Nc3cc(Cl)c(OC)cc3OC)c3ccccc3n2)cc1.